The monoisotopic (exact) mass is 720 g/mol. The van der Waals surface area contributed by atoms with Gasteiger partial charge in [0.05, 0.1) is 0 Å². The summed E-state index contributed by atoms with van der Waals surface area (Å²) >= 11 is 0. The van der Waals surface area contributed by atoms with Crippen LogP contribution in [-0.2, 0) is 5.41 Å². The molecule has 0 aromatic heterocycles. The molecule has 0 aliphatic heterocycles. The highest BCUT2D eigenvalue weighted by atomic mass is 16.5. The fourth-order valence-corrected chi connectivity index (χ4v) is 5.15. The van der Waals surface area contributed by atoms with Gasteiger partial charge in [0.2, 0.25) is 0 Å². The fraction of sp³-hybridized carbons (Fsp3) is 0.0943. The third-order valence-electron chi connectivity index (χ3n) is 8.32. The molecule has 276 valence electrons. The normalized spacial score (nSPS) is 9.82. The van der Waals surface area contributed by atoms with E-state index in [4.69, 9.17) is 9.47 Å². The van der Waals surface area contributed by atoms with Crippen molar-refractivity contribution in [2.75, 3.05) is 0 Å². The largest absolute Gasteiger partial charge is 0.457 e. The Kier molecular flexibility index (Phi) is 17.8. The quantitative estimate of drug-likeness (QED) is 0.170. The van der Waals surface area contributed by atoms with Gasteiger partial charge < -0.3 is 9.47 Å². The third kappa shape index (κ3) is 16.3. The van der Waals surface area contributed by atoms with Gasteiger partial charge in [-0.15, -0.1) is 0 Å². The van der Waals surface area contributed by atoms with Crippen LogP contribution in [0.1, 0.15) is 36.1 Å². The zero-order valence-electron chi connectivity index (χ0n) is 32.4. The molecule has 0 N–H and O–H groups in total. The minimum Gasteiger partial charge on any atom is -0.457 e. The molecule has 0 atom stereocenters. The van der Waals surface area contributed by atoms with E-state index >= 15 is 0 Å². The van der Waals surface area contributed by atoms with Crippen LogP contribution in [0.2, 0.25) is 0 Å². The predicted octanol–water partition coefficient (Wildman–Crippen LogP) is 15.0. The van der Waals surface area contributed by atoms with Crippen molar-refractivity contribution in [2.24, 2.45) is 0 Å². The first-order valence-electron chi connectivity index (χ1n) is 18.6. The van der Waals surface area contributed by atoms with Crippen molar-refractivity contribution in [1.29, 1.82) is 0 Å². The summed E-state index contributed by atoms with van der Waals surface area (Å²) in [7, 11) is 0. The summed E-state index contributed by atoms with van der Waals surface area (Å²) in [6.45, 7) is 8.69. The summed E-state index contributed by atoms with van der Waals surface area (Å²) in [4.78, 5) is 0. The van der Waals surface area contributed by atoms with Crippen molar-refractivity contribution in [3.8, 4) is 23.0 Å². The van der Waals surface area contributed by atoms with E-state index in [-0.39, 0.29) is 5.41 Å². The van der Waals surface area contributed by atoms with E-state index in [9.17, 15) is 0 Å². The molecule has 8 aromatic rings. The van der Waals surface area contributed by atoms with E-state index in [0.717, 1.165) is 23.0 Å². The predicted molar refractivity (Wildman–Crippen MR) is 233 cm³/mol. The number of para-hydroxylation sites is 2. The van der Waals surface area contributed by atoms with Crippen LogP contribution in [0.4, 0.5) is 0 Å². The molecule has 0 radical (unpaired) electrons. The molecule has 0 fully saturated rings. The van der Waals surface area contributed by atoms with Crippen molar-refractivity contribution in [3.05, 3.63) is 265 Å². The molecular weight excluding hydrogens is 669 g/mol. The van der Waals surface area contributed by atoms with E-state index < -0.39 is 0 Å². The maximum Gasteiger partial charge on any atom is 0.127 e. The Morgan fingerprint density at radius 2 is 0.455 bits per heavy atom. The third-order valence-corrected chi connectivity index (χ3v) is 8.32. The summed E-state index contributed by atoms with van der Waals surface area (Å²) in [5.41, 5.74) is 5.44. The van der Waals surface area contributed by atoms with Gasteiger partial charge in [0, 0.05) is 5.41 Å². The van der Waals surface area contributed by atoms with Gasteiger partial charge in [0.1, 0.15) is 23.0 Å². The fourth-order valence-electron chi connectivity index (χ4n) is 5.15. The van der Waals surface area contributed by atoms with E-state index in [1.54, 1.807) is 0 Å². The van der Waals surface area contributed by atoms with Crippen LogP contribution in [0, 0.1) is 13.8 Å². The zero-order chi connectivity index (χ0) is 38.8. The highest BCUT2D eigenvalue weighted by molar-refractivity contribution is 5.38. The summed E-state index contributed by atoms with van der Waals surface area (Å²) in [5.74, 6) is 3.22. The van der Waals surface area contributed by atoms with Crippen LogP contribution >= 0.6 is 0 Å². The maximum absolute atomic E-state index is 5.73. The van der Waals surface area contributed by atoms with Gasteiger partial charge >= 0.3 is 0 Å². The van der Waals surface area contributed by atoms with Crippen molar-refractivity contribution in [2.45, 2.75) is 33.1 Å². The average Bonchev–Trinajstić information content (AvgIpc) is 3.25. The number of ether oxygens (including phenoxy) is 2. The van der Waals surface area contributed by atoms with Gasteiger partial charge in [-0.2, -0.15) is 0 Å². The second kappa shape index (κ2) is 23.8. The number of aryl methyl sites for hydroxylation is 2. The molecule has 8 aromatic carbocycles. The molecule has 0 aliphatic carbocycles. The van der Waals surface area contributed by atoms with Crippen LogP contribution < -0.4 is 9.47 Å². The second-order valence-electron chi connectivity index (χ2n) is 13.1. The zero-order valence-corrected chi connectivity index (χ0v) is 32.4. The molecule has 2 heteroatoms. The Morgan fingerprint density at radius 1 is 0.255 bits per heavy atom. The van der Waals surface area contributed by atoms with Gasteiger partial charge in [-0.25, -0.2) is 0 Å². The minimum atomic E-state index is 0.0858. The lowest BCUT2D eigenvalue weighted by molar-refractivity contribution is 0.469. The Balaban J connectivity index is 0.000000167. The van der Waals surface area contributed by atoms with E-state index in [0.29, 0.717) is 0 Å². The molecule has 2 nitrogen and oxygen atoms in total. The van der Waals surface area contributed by atoms with Crippen LogP contribution in [-0.4, -0.2) is 0 Å². The van der Waals surface area contributed by atoms with Crippen LogP contribution in [0.5, 0.6) is 23.0 Å². The Bertz CT molecular complexity index is 1920. The minimum absolute atomic E-state index is 0.0858. The Labute approximate surface area is 329 Å². The molecular formula is C53H52O2. The number of hydrogen-bond acceptors (Lipinski definition) is 2. The SMILES string of the molecule is CC(C)(c1ccccc1)c1ccccc1.Cc1ccccc1.Cc1ccccc1.c1ccc(Oc2ccc(Oc3ccccc3)cc2)cc1.c1ccccc1. The van der Waals surface area contributed by atoms with Crippen molar-refractivity contribution in [1.82, 2.24) is 0 Å². The first-order valence-corrected chi connectivity index (χ1v) is 18.6. The van der Waals surface area contributed by atoms with E-state index in [2.05, 4.69) is 113 Å². The first kappa shape index (κ1) is 41.1. The van der Waals surface area contributed by atoms with Gasteiger partial charge in [-0.3, -0.25) is 0 Å². The lowest BCUT2D eigenvalue weighted by atomic mass is 9.78. The molecule has 0 aliphatic rings. The van der Waals surface area contributed by atoms with Crippen LogP contribution in [0.25, 0.3) is 0 Å². The summed E-state index contributed by atoms with van der Waals surface area (Å²) in [5, 5.41) is 0. The van der Waals surface area contributed by atoms with Crippen LogP contribution in [0.15, 0.2) is 243 Å². The van der Waals surface area contributed by atoms with Gasteiger partial charge in [0.25, 0.3) is 0 Å². The number of rotatable bonds is 6. The van der Waals surface area contributed by atoms with Crippen molar-refractivity contribution >= 4 is 0 Å². The Morgan fingerprint density at radius 3 is 0.691 bits per heavy atom. The standard InChI is InChI=1S/C18H14O2.C15H16.2C7H8.C6H6/c1-3-7-15(8-4-1)19-17-11-13-18(14-12-17)20-16-9-5-2-6-10-16;1-15(2,13-9-5-3-6-10-13)14-11-7-4-8-12-14;2*1-7-5-3-2-4-6-7;1-2-4-6-5-3-1/h1-14H;3-12H,1-2H3;2*2-6H,1H3;1-6H. The first-order chi connectivity index (χ1) is 26.9. The molecule has 0 bridgehead atoms. The average molecular weight is 721 g/mol. The lowest BCUT2D eigenvalue weighted by Crippen LogP contribution is -2.18. The molecule has 0 spiro atoms. The molecule has 0 saturated heterocycles. The summed E-state index contributed by atoms with van der Waals surface area (Å²) in [6, 6.07) is 80.8. The second-order valence-corrected chi connectivity index (χ2v) is 13.1. The van der Waals surface area contributed by atoms with Crippen LogP contribution in [0.3, 0.4) is 0 Å². The Hall–Kier alpha value is -6.64. The van der Waals surface area contributed by atoms with Gasteiger partial charge in [0.15, 0.2) is 0 Å². The number of benzene rings is 8. The van der Waals surface area contributed by atoms with E-state index in [1.807, 2.05) is 158 Å². The molecule has 8 rings (SSSR count). The van der Waals surface area contributed by atoms with E-state index in [1.165, 1.54) is 22.3 Å². The molecule has 55 heavy (non-hydrogen) atoms. The molecule has 0 unspecified atom stereocenters. The molecule has 0 amide bonds. The maximum atomic E-state index is 5.73. The lowest BCUT2D eigenvalue weighted by Gasteiger charge is -2.25. The van der Waals surface area contributed by atoms with Crippen molar-refractivity contribution < 1.29 is 9.47 Å². The number of hydrogen-bond donors (Lipinski definition) is 0. The highest BCUT2D eigenvalue weighted by Gasteiger charge is 2.21. The van der Waals surface area contributed by atoms with Gasteiger partial charge in [-0.1, -0.05) is 219 Å². The smallest absolute Gasteiger partial charge is 0.127 e. The molecule has 0 heterocycles. The summed E-state index contributed by atoms with van der Waals surface area (Å²) in [6.07, 6.45) is 0. The molecule has 0 saturated carbocycles. The highest BCUT2D eigenvalue weighted by Crippen LogP contribution is 2.31. The topological polar surface area (TPSA) is 18.5 Å². The van der Waals surface area contributed by atoms with Gasteiger partial charge in [-0.05, 0) is 73.5 Å². The summed E-state index contributed by atoms with van der Waals surface area (Å²) < 4.78 is 11.5. The van der Waals surface area contributed by atoms with Crippen molar-refractivity contribution in [3.63, 3.8) is 0 Å².